The van der Waals surface area contributed by atoms with Gasteiger partial charge in [-0.05, 0) is 31.1 Å². The molecule has 0 bridgehead atoms. The van der Waals surface area contributed by atoms with E-state index in [4.69, 9.17) is 5.11 Å². The van der Waals surface area contributed by atoms with Gasteiger partial charge >= 0.3 is 0 Å². The highest BCUT2D eigenvalue weighted by molar-refractivity contribution is 4.80. The predicted molar refractivity (Wildman–Crippen MR) is 75.2 cm³/mol. The van der Waals surface area contributed by atoms with Crippen molar-refractivity contribution in [2.75, 3.05) is 0 Å². The van der Waals surface area contributed by atoms with E-state index in [0.29, 0.717) is 11.8 Å². The van der Waals surface area contributed by atoms with Crippen LogP contribution in [0.3, 0.4) is 0 Å². The van der Waals surface area contributed by atoms with E-state index in [1.54, 1.807) is 0 Å². The van der Waals surface area contributed by atoms with Crippen LogP contribution in [0.2, 0.25) is 0 Å². The lowest BCUT2D eigenvalue weighted by Crippen LogP contribution is -2.23. The van der Waals surface area contributed by atoms with Crippen molar-refractivity contribution in [2.24, 2.45) is 5.41 Å². The normalized spacial score (nSPS) is 23.5. The molecule has 1 N–H and O–H groups in total. The van der Waals surface area contributed by atoms with Crippen molar-refractivity contribution < 1.29 is 9.50 Å². The molecule has 108 valence electrons. The van der Waals surface area contributed by atoms with Gasteiger partial charge in [0.15, 0.2) is 6.36 Å². The highest BCUT2D eigenvalue weighted by Crippen LogP contribution is 2.41. The summed E-state index contributed by atoms with van der Waals surface area (Å²) in [6.45, 7) is 2.23. The molecule has 0 saturated heterocycles. The fraction of sp³-hybridized carbons (Fsp3) is 1.00. The lowest BCUT2D eigenvalue weighted by atomic mass is 9.71. The van der Waals surface area contributed by atoms with Crippen LogP contribution in [0.15, 0.2) is 0 Å². The maximum absolute atomic E-state index is 12.7. The Bertz CT molecular complexity index is 193. The van der Waals surface area contributed by atoms with E-state index in [2.05, 4.69) is 6.92 Å². The topological polar surface area (TPSA) is 20.2 Å². The minimum absolute atomic E-state index is 0.319. The average Bonchev–Trinajstić information content (AvgIpc) is 2.35. The van der Waals surface area contributed by atoms with E-state index in [1.165, 1.54) is 70.6 Å². The summed E-state index contributed by atoms with van der Waals surface area (Å²) in [5.41, 5.74) is 0.319. The van der Waals surface area contributed by atoms with Crippen molar-refractivity contribution in [3.05, 3.63) is 0 Å². The Morgan fingerprint density at radius 2 is 1.44 bits per heavy atom. The first-order valence-corrected chi connectivity index (χ1v) is 8.01. The van der Waals surface area contributed by atoms with Crippen molar-refractivity contribution in [1.82, 2.24) is 0 Å². The summed E-state index contributed by atoms with van der Waals surface area (Å²) in [4.78, 5) is 0. The van der Waals surface area contributed by atoms with Gasteiger partial charge < -0.3 is 5.11 Å². The Labute approximate surface area is 112 Å². The minimum Gasteiger partial charge on any atom is -0.364 e. The zero-order valence-electron chi connectivity index (χ0n) is 12.1. The molecule has 0 aliphatic heterocycles. The minimum atomic E-state index is -1.62. The van der Waals surface area contributed by atoms with Gasteiger partial charge in [0.25, 0.3) is 0 Å². The second-order valence-corrected chi connectivity index (χ2v) is 6.20. The molecule has 1 unspecified atom stereocenters. The van der Waals surface area contributed by atoms with Gasteiger partial charge in [-0.2, -0.15) is 0 Å². The van der Waals surface area contributed by atoms with Gasteiger partial charge in [-0.3, -0.25) is 0 Å². The second kappa shape index (κ2) is 8.90. The van der Waals surface area contributed by atoms with Crippen LogP contribution in [0, 0.1) is 5.41 Å². The number of alkyl halides is 1. The summed E-state index contributed by atoms with van der Waals surface area (Å²) < 4.78 is 12.7. The first-order valence-electron chi connectivity index (χ1n) is 8.01. The van der Waals surface area contributed by atoms with Crippen molar-refractivity contribution in [1.29, 1.82) is 0 Å². The zero-order chi connectivity index (χ0) is 13.3. The molecule has 1 atom stereocenters. The van der Waals surface area contributed by atoms with Gasteiger partial charge in [0.1, 0.15) is 0 Å². The van der Waals surface area contributed by atoms with Crippen LogP contribution in [0.25, 0.3) is 0 Å². The third-order valence-corrected chi connectivity index (χ3v) is 4.61. The Hall–Kier alpha value is -0.110. The fourth-order valence-electron chi connectivity index (χ4n) is 3.59. The number of hydrogen-bond donors (Lipinski definition) is 1. The maximum atomic E-state index is 12.7. The lowest BCUT2D eigenvalue weighted by Gasteiger charge is -2.35. The first-order chi connectivity index (χ1) is 8.68. The molecule has 1 fully saturated rings. The maximum Gasteiger partial charge on any atom is 0.196 e. The zero-order valence-corrected chi connectivity index (χ0v) is 12.1. The van der Waals surface area contributed by atoms with E-state index >= 15 is 0 Å². The van der Waals surface area contributed by atoms with Crippen LogP contribution in [-0.4, -0.2) is 11.5 Å². The molecule has 1 aliphatic rings. The Kier molecular flexibility index (Phi) is 7.88. The SMILES string of the molecule is CCCC1(CCC(O)F)CCCCCCCCC1. The quantitative estimate of drug-likeness (QED) is 0.703. The van der Waals surface area contributed by atoms with Gasteiger partial charge in [-0.1, -0.05) is 58.3 Å². The van der Waals surface area contributed by atoms with E-state index in [1.807, 2.05) is 0 Å². The summed E-state index contributed by atoms with van der Waals surface area (Å²) in [5, 5.41) is 8.93. The molecule has 0 aromatic heterocycles. The smallest absolute Gasteiger partial charge is 0.196 e. The summed E-state index contributed by atoms with van der Waals surface area (Å²) >= 11 is 0. The molecule has 0 radical (unpaired) electrons. The van der Waals surface area contributed by atoms with Gasteiger partial charge in [0.05, 0.1) is 0 Å². The Balaban J connectivity index is 2.55. The van der Waals surface area contributed by atoms with Crippen LogP contribution in [0.4, 0.5) is 4.39 Å². The summed E-state index contributed by atoms with van der Waals surface area (Å²) in [5.74, 6) is 0. The van der Waals surface area contributed by atoms with Gasteiger partial charge in [0.2, 0.25) is 0 Å². The monoisotopic (exact) mass is 258 g/mol. The third-order valence-electron chi connectivity index (χ3n) is 4.61. The predicted octanol–water partition coefficient (Wildman–Crippen LogP) is 5.37. The lowest BCUT2D eigenvalue weighted by molar-refractivity contribution is 0.0158. The number of aliphatic hydroxyl groups excluding tert-OH is 1. The van der Waals surface area contributed by atoms with E-state index in [9.17, 15) is 4.39 Å². The molecule has 2 heteroatoms. The standard InChI is InChI=1S/C16H31FO/c1-2-11-16(14-10-15(17)18)12-8-6-4-3-5-7-9-13-16/h15,18H,2-14H2,1H3. The number of halogens is 1. The van der Waals surface area contributed by atoms with E-state index in [0.717, 1.165) is 6.42 Å². The van der Waals surface area contributed by atoms with Crippen LogP contribution in [-0.2, 0) is 0 Å². The summed E-state index contributed by atoms with van der Waals surface area (Å²) in [6.07, 6.45) is 13.9. The Morgan fingerprint density at radius 1 is 0.944 bits per heavy atom. The molecular formula is C16H31FO. The van der Waals surface area contributed by atoms with Crippen molar-refractivity contribution in [3.63, 3.8) is 0 Å². The molecule has 0 amide bonds. The van der Waals surface area contributed by atoms with Gasteiger partial charge in [-0.25, -0.2) is 4.39 Å². The Morgan fingerprint density at radius 3 is 1.89 bits per heavy atom. The highest BCUT2D eigenvalue weighted by atomic mass is 19.1. The molecule has 0 heterocycles. The fourth-order valence-corrected chi connectivity index (χ4v) is 3.59. The van der Waals surface area contributed by atoms with Crippen molar-refractivity contribution >= 4 is 0 Å². The van der Waals surface area contributed by atoms with Crippen LogP contribution in [0.1, 0.15) is 90.4 Å². The number of hydrogen-bond acceptors (Lipinski definition) is 1. The molecule has 18 heavy (non-hydrogen) atoms. The van der Waals surface area contributed by atoms with Crippen LogP contribution >= 0.6 is 0 Å². The summed E-state index contributed by atoms with van der Waals surface area (Å²) in [6, 6.07) is 0. The molecule has 0 aromatic carbocycles. The molecule has 0 aromatic rings. The molecule has 1 saturated carbocycles. The molecular weight excluding hydrogens is 227 g/mol. The average molecular weight is 258 g/mol. The molecule has 0 spiro atoms. The third kappa shape index (κ3) is 6.17. The summed E-state index contributed by atoms with van der Waals surface area (Å²) in [7, 11) is 0. The van der Waals surface area contributed by atoms with Crippen molar-refractivity contribution in [3.8, 4) is 0 Å². The largest absolute Gasteiger partial charge is 0.364 e. The van der Waals surface area contributed by atoms with Gasteiger partial charge in [0, 0.05) is 6.42 Å². The molecule has 1 aliphatic carbocycles. The van der Waals surface area contributed by atoms with E-state index in [-0.39, 0.29) is 0 Å². The van der Waals surface area contributed by atoms with E-state index < -0.39 is 6.36 Å². The molecule has 1 nitrogen and oxygen atoms in total. The molecule has 1 rings (SSSR count). The number of aliphatic hydroxyl groups is 1. The number of rotatable bonds is 5. The second-order valence-electron chi connectivity index (χ2n) is 6.20. The van der Waals surface area contributed by atoms with Crippen LogP contribution < -0.4 is 0 Å². The van der Waals surface area contributed by atoms with Crippen molar-refractivity contribution in [2.45, 2.75) is 96.8 Å². The van der Waals surface area contributed by atoms with Gasteiger partial charge in [-0.15, -0.1) is 0 Å². The first kappa shape index (κ1) is 15.9. The highest BCUT2D eigenvalue weighted by Gasteiger charge is 2.29. The van der Waals surface area contributed by atoms with Crippen LogP contribution in [0.5, 0.6) is 0 Å².